The van der Waals surface area contributed by atoms with Crippen molar-refractivity contribution in [3.05, 3.63) is 145 Å². The summed E-state index contributed by atoms with van der Waals surface area (Å²) in [7, 11) is 3.12. The number of benzene rings is 4. The molecule has 4 aromatic rings. The zero-order chi connectivity index (χ0) is 89.2. The van der Waals surface area contributed by atoms with Crippen molar-refractivity contribution in [3.8, 4) is 22.3 Å². The zero-order valence-electron chi connectivity index (χ0n) is 72.9. The van der Waals surface area contributed by atoms with Gasteiger partial charge in [-0.3, -0.25) is 28.8 Å². The minimum Gasteiger partial charge on any atom is -0.502 e. The molecule has 0 radical (unpaired) electrons. The monoisotopic (exact) mass is 1720 g/mol. The van der Waals surface area contributed by atoms with E-state index in [2.05, 4.69) is 93.8 Å². The van der Waals surface area contributed by atoms with E-state index in [1.54, 1.807) is 28.1 Å². The van der Waals surface area contributed by atoms with Gasteiger partial charge in [-0.05, 0) is 143 Å². The summed E-state index contributed by atoms with van der Waals surface area (Å²) in [6.45, 7) is 26.9. The van der Waals surface area contributed by atoms with E-state index in [0.717, 1.165) is 64.0 Å². The van der Waals surface area contributed by atoms with Crippen molar-refractivity contribution >= 4 is 47.6 Å². The van der Waals surface area contributed by atoms with Crippen LogP contribution in [0.15, 0.2) is 123 Å². The molecule has 684 valence electrons. The van der Waals surface area contributed by atoms with Gasteiger partial charge in [0.15, 0.2) is 25.2 Å². The van der Waals surface area contributed by atoms with Gasteiger partial charge in [0.1, 0.15) is 25.3 Å². The van der Waals surface area contributed by atoms with Crippen molar-refractivity contribution in [1.29, 1.82) is 0 Å². The number of hydrogen-bond acceptors (Lipinski definition) is 25. The lowest BCUT2D eigenvalue weighted by Crippen LogP contribution is -2.48. The van der Waals surface area contributed by atoms with Crippen molar-refractivity contribution in [2.24, 2.45) is 5.73 Å². The van der Waals surface area contributed by atoms with Crippen LogP contribution in [0.2, 0.25) is 0 Å². The Morgan fingerprint density at radius 2 is 0.689 bits per heavy atom. The number of hydrogen-bond donors (Lipinski definition) is 11. The van der Waals surface area contributed by atoms with Crippen molar-refractivity contribution in [1.82, 2.24) is 42.5 Å². The van der Waals surface area contributed by atoms with Crippen LogP contribution in [0.5, 0.6) is 0 Å². The number of carbonyl (C=O) groups excluding carboxylic acids is 8. The van der Waals surface area contributed by atoms with Gasteiger partial charge in [-0.15, -0.1) is 0 Å². The topological polar surface area (TPSA) is 428 Å². The molecule has 122 heavy (non-hydrogen) atoms. The third-order valence-corrected chi connectivity index (χ3v) is 18.5. The lowest BCUT2D eigenvalue weighted by molar-refractivity contribution is -0.140. The highest BCUT2D eigenvalue weighted by Gasteiger charge is 2.33. The predicted molar refractivity (Wildman–Crippen MR) is 462 cm³/mol. The van der Waals surface area contributed by atoms with E-state index < -0.39 is 42.1 Å². The Morgan fingerprint density at radius 3 is 1.01 bits per heavy atom. The maximum absolute atomic E-state index is 13.1. The number of methoxy groups -OCH3 is 2. The van der Waals surface area contributed by atoms with Crippen LogP contribution >= 0.6 is 0 Å². The first-order valence-electron chi connectivity index (χ1n) is 42.4. The van der Waals surface area contributed by atoms with Gasteiger partial charge in [0.05, 0.1) is 97.8 Å². The maximum Gasteiger partial charge on any atom is 0.407 e. The molecule has 33 heteroatoms. The summed E-state index contributed by atoms with van der Waals surface area (Å²) in [5.41, 5.74) is 14.7. The van der Waals surface area contributed by atoms with Gasteiger partial charge in [0, 0.05) is 97.8 Å². The lowest BCUT2D eigenvalue weighted by atomic mass is 9.98. The normalized spacial score (nSPS) is 13.3. The second-order valence-corrected chi connectivity index (χ2v) is 28.0. The molecule has 7 atom stereocenters. The van der Waals surface area contributed by atoms with E-state index in [9.17, 15) is 38.4 Å². The number of carbonyl (C=O) groups is 8. The Labute approximate surface area is 720 Å². The van der Waals surface area contributed by atoms with Crippen molar-refractivity contribution in [2.45, 2.75) is 187 Å². The summed E-state index contributed by atoms with van der Waals surface area (Å²) in [6, 6.07) is 29.6. The van der Waals surface area contributed by atoms with Gasteiger partial charge in [-0.25, -0.2) is 9.59 Å². The van der Waals surface area contributed by atoms with Crippen LogP contribution in [0.4, 0.5) is 9.59 Å². The molecule has 2 aliphatic carbocycles. The van der Waals surface area contributed by atoms with Crippen molar-refractivity contribution in [3.63, 3.8) is 0 Å². The smallest absolute Gasteiger partial charge is 0.407 e. The Bertz CT molecular complexity index is 3470. The Balaban J connectivity index is 0.000000473. The first kappa shape index (κ1) is 107. The number of fused-ring (bicyclic) bond motifs is 6. The van der Waals surface area contributed by atoms with Crippen molar-refractivity contribution in [2.75, 3.05) is 159 Å². The molecule has 6 rings (SSSR count). The van der Waals surface area contributed by atoms with E-state index in [1.807, 2.05) is 86.6 Å². The van der Waals surface area contributed by atoms with Crippen LogP contribution in [0.3, 0.4) is 0 Å². The molecule has 0 bridgehead atoms. The molecule has 33 nitrogen and oxygen atoms in total. The van der Waals surface area contributed by atoms with Crippen LogP contribution in [0, 0.1) is 0 Å². The molecule has 0 aliphatic heterocycles. The molecule has 8 amide bonds. The average Bonchev–Trinajstić information content (AvgIpc) is 1.62. The quantitative estimate of drug-likeness (QED) is 0.0112. The number of rotatable bonds is 63. The minimum atomic E-state index is -0.965. The van der Waals surface area contributed by atoms with E-state index in [-0.39, 0.29) is 126 Å². The van der Waals surface area contributed by atoms with Crippen LogP contribution in [0.1, 0.15) is 166 Å². The molecule has 2 aliphatic rings. The highest BCUT2D eigenvalue weighted by Crippen LogP contribution is 2.46. The van der Waals surface area contributed by atoms with Gasteiger partial charge in [0.25, 0.3) is 0 Å². The highest BCUT2D eigenvalue weighted by atomic mass is 16.7. The maximum atomic E-state index is 13.1. The Hall–Kier alpha value is -9.20. The van der Waals surface area contributed by atoms with Gasteiger partial charge in [-0.1, -0.05) is 124 Å². The van der Waals surface area contributed by atoms with Crippen molar-refractivity contribution < 1.29 is 115 Å². The summed E-state index contributed by atoms with van der Waals surface area (Å²) >= 11 is 0. The first-order valence-corrected chi connectivity index (χ1v) is 42.4. The second kappa shape index (κ2) is 68.3. The molecule has 12 N–H and O–H groups in total. The molecule has 4 aromatic carbocycles. The third-order valence-electron chi connectivity index (χ3n) is 18.5. The molecule has 0 saturated heterocycles. The highest BCUT2D eigenvalue weighted by molar-refractivity contribution is 5.88. The second-order valence-electron chi connectivity index (χ2n) is 28.0. The van der Waals surface area contributed by atoms with Crippen LogP contribution in [-0.4, -0.2) is 260 Å². The number of nitrogens with one attached hydrogen (secondary N) is 8. The molecule has 0 heterocycles. The number of alkyl carbamates (subject to hydrolysis) is 2. The van der Waals surface area contributed by atoms with E-state index >= 15 is 0 Å². The standard InChI is InChI=1S/C36H53N3O9.C30H37N3O6.C21H43N3O7.C2H6O2/c1-5-20-44-23-24-47-27(3)46-22-10-18-37-34(40)17-16-33(35(41)38-19-11-21-45-26(2)43-4)39-36(42)48-25-32-30-14-8-6-12-28(30)29-13-7-9-15-31(29)32;1-3-37-19-9-17-31-28(34)16-15-27(29(35)32-18-10-20-38-4-2)33-30(36)39-21-26-24-13-7-5-11-22(24)23-12-6-8-14-25(23)26;1-5-12-28-15-16-31-18(3)30-14-6-10-23-20(25)9-8-19(22)21(26)24-11-7-13-29-17(2)27-4;3-1-2-4/h6-9,12-15,26-27,32-33H,5,10-11,16-25H2,1-4H3,(H,37,40)(H,38,41)(H,39,42);3-8,11-14,26-27H,1-2,9-10,15-21H2,(H,31,34)(H,32,35)(H,33,36);17-19H,5-16,22H2,1-4H3,(H,23,25)(H,24,26);3-4H,1-2H2. The molecular weight excluding hydrogens is 1580 g/mol. The first-order chi connectivity index (χ1) is 59.2. The third kappa shape index (κ3) is 46.9. The molecule has 0 aromatic heterocycles. The molecule has 0 fully saturated rings. The molecular formula is C89H139N9O24. The summed E-state index contributed by atoms with van der Waals surface area (Å²) < 4.78 is 75.0. The zero-order valence-corrected chi connectivity index (χ0v) is 72.9. The van der Waals surface area contributed by atoms with Gasteiger partial charge >= 0.3 is 12.2 Å². The van der Waals surface area contributed by atoms with Crippen LogP contribution < -0.4 is 48.3 Å². The Morgan fingerprint density at radius 1 is 0.393 bits per heavy atom. The fraction of sp³-hybridized carbons (Fsp3) is 0.596. The average molecular weight is 1720 g/mol. The van der Waals surface area contributed by atoms with Crippen LogP contribution in [-0.2, 0) is 95.1 Å². The van der Waals surface area contributed by atoms with E-state index in [0.29, 0.717) is 150 Å². The molecule has 0 spiro atoms. The minimum absolute atomic E-state index is 0.0360. The summed E-state index contributed by atoms with van der Waals surface area (Å²) in [6.07, 6.45) is 6.38. The number of aliphatic hydroxyl groups excluding tert-OH is 2. The summed E-state index contributed by atoms with van der Waals surface area (Å²) in [5.74, 6) is -1.88. The Kier molecular flexibility index (Phi) is 59.9. The summed E-state index contributed by atoms with van der Waals surface area (Å²) in [5, 5.41) is 37.3. The van der Waals surface area contributed by atoms with Gasteiger partial charge in [-0.2, -0.15) is 0 Å². The van der Waals surface area contributed by atoms with E-state index in [4.69, 9.17) is 82.3 Å². The van der Waals surface area contributed by atoms with Gasteiger partial charge < -0.3 is 125 Å². The SMILES string of the molecule is C=COCCCNC(=O)CCC(NC(=O)OCC1c2ccccc2-c2ccccc21)C(=O)NCCCOC=C.CCCOCCOC(C)OCCCNC(=O)CCC(N)C(=O)NCCCOC(C)OC.CCCOCCOC(C)OCCCNC(=O)CCC(NC(=O)OCC1c2ccccc2-c2ccccc21)C(=O)NCCCOC(C)OC.OCCO. The predicted octanol–water partition coefficient (Wildman–Crippen LogP) is 8.40. The number of aliphatic hydroxyl groups is 2. The number of nitrogens with two attached hydrogens (primary N) is 1. The summed E-state index contributed by atoms with van der Waals surface area (Å²) in [4.78, 5) is 100. The lowest BCUT2D eigenvalue weighted by Gasteiger charge is -2.20. The number of ether oxygens (including phenoxy) is 14. The molecule has 7 unspecified atom stereocenters. The fourth-order valence-corrected chi connectivity index (χ4v) is 12.1. The van der Waals surface area contributed by atoms with E-state index in [1.165, 1.54) is 12.5 Å². The molecule has 0 saturated carbocycles. The number of amides is 8. The fourth-order valence-electron chi connectivity index (χ4n) is 12.1. The largest absolute Gasteiger partial charge is 0.502 e. The van der Waals surface area contributed by atoms with Gasteiger partial charge in [0.2, 0.25) is 35.4 Å². The van der Waals surface area contributed by atoms with Crippen LogP contribution in [0.25, 0.3) is 22.3 Å².